The first kappa shape index (κ1) is 44.0. The molecule has 0 atom stereocenters. The van der Waals surface area contributed by atoms with Gasteiger partial charge in [0.15, 0.2) is 0 Å². The van der Waals surface area contributed by atoms with Crippen molar-refractivity contribution in [1.82, 2.24) is 0 Å². The summed E-state index contributed by atoms with van der Waals surface area (Å²) < 4.78 is 0. The van der Waals surface area contributed by atoms with Gasteiger partial charge in [0, 0.05) is 0 Å². The Kier molecular flexibility index (Phi) is 15.4. The molecule has 1 aliphatic rings. The lowest BCUT2D eigenvalue weighted by Gasteiger charge is -2.20. The summed E-state index contributed by atoms with van der Waals surface area (Å²) in [7, 11) is 0. The summed E-state index contributed by atoms with van der Waals surface area (Å²) in [6, 6.07) is 56.2. The Balaban J connectivity index is 0.000000671. The first-order valence-electron chi connectivity index (χ1n) is 20.4. The highest BCUT2D eigenvalue weighted by atomic mass is 14.3. The molecule has 0 heteroatoms. The number of aryl methyl sites for hydroxylation is 3. The molecule has 0 amide bonds. The Morgan fingerprint density at radius 3 is 1.23 bits per heavy atom. The molecule has 0 N–H and O–H groups in total. The monoisotopic (exact) mass is 749 g/mol. The van der Waals surface area contributed by atoms with Gasteiger partial charge in [-0.05, 0) is 120 Å². The van der Waals surface area contributed by atoms with E-state index in [0.717, 1.165) is 0 Å². The molecule has 0 spiro atoms. The molecule has 0 aromatic heterocycles. The van der Waals surface area contributed by atoms with E-state index in [-0.39, 0.29) is 14.9 Å². The van der Waals surface area contributed by atoms with Crippen LogP contribution in [0.3, 0.4) is 0 Å². The molecule has 8 aromatic rings. The maximum atomic E-state index is 2.40. The quantitative estimate of drug-likeness (QED) is 0.164. The van der Waals surface area contributed by atoms with Crippen molar-refractivity contribution in [3.63, 3.8) is 0 Å². The molecule has 9 rings (SSSR count). The Hall–Kier alpha value is -5.72. The topological polar surface area (TPSA) is 0 Å². The minimum absolute atomic E-state index is 0. The summed E-state index contributed by atoms with van der Waals surface area (Å²) in [5.74, 6) is 0. The Morgan fingerprint density at radius 2 is 0.754 bits per heavy atom. The van der Waals surface area contributed by atoms with Gasteiger partial charge in [0.25, 0.3) is 0 Å². The zero-order valence-electron chi connectivity index (χ0n) is 34.3. The highest BCUT2D eigenvalue weighted by molar-refractivity contribution is 6.28. The van der Waals surface area contributed by atoms with E-state index >= 15 is 0 Å². The summed E-state index contributed by atoms with van der Waals surface area (Å²) in [4.78, 5) is 0. The molecular weight excluding hydrogens is 685 g/mol. The van der Waals surface area contributed by atoms with Gasteiger partial charge >= 0.3 is 0 Å². The van der Waals surface area contributed by atoms with Crippen LogP contribution < -0.4 is 0 Å². The average Bonchev–Trinajstić information content (AvgIpc) is 3.57. The molecule has 1 aliphatic carbocycles. The van der Waals surface area contributed by atoms with E-state index < -0.39 is 0 Å². The fourth-order valence-corrected chi connectivity index (χ4v) is 8.13. The van der Waals surface area contributed by atoms with Gasteiger partial charge in [0.05, 0.1) is 0 Å². The first-order chi connectivity index (χ1) is 27.0. The van der Waals surface area contributed by atoms with Crippen molar-refractivity contribution in [3.8, 4) is 66.8 Å². The molecule has 292 valence electrons. The lowest BCUT2D eigenvalue weighted by Crippen LogP contribution is -1.93. The SMILES string of the molecule is C.C.CC.CC.CCCC.Cc1ccc(-c2cc(C)c(-c3ccc4c5c(cccc35)-c3c-4c(-c4ccccc4)c4ccccc4c3-c3ccccc3)c(C)c2)cc1. The minimum Gasteiger partial charge on any atom is -0.0776 e. The zero-order valence-corrected chi connectivity index (χ0v) is 34.3. The van der Waals surface area contributed by atoms with Crippen LogP contribution in [0.4, 0.5) is 0 Å². The van der Waals surface area contributed by atoms with Crippen LogP contribution in [-0.4, -0.2) is 0 Å². The van der Waals surface area contributed by atoms with E-state index in [1.54, 1.807) is 0 Å². The molecule has 0 nitrogen and oxygen atoms in total. The molecular formula is C57H64. The van der Waals surface area contributed by atoms with E-state index in [1.807, 2.05) is 27.7 Å². The third-order valence-corrected chi connectivity index (χ3v) is 10.6. The number of fused-ring (bicyclic) bond motifs is 4. The van der Waals surface area contributed by atoms with Crippen molar-refractivity contribution >= 4 is 21.5 Å². The molecule has 8 aromatic carbocycles. The van der Waals surface area contributed by atoms with Crippen LogP contribution in [0, 0.1) is 20.8 Å². The van der Waals surface area contributed by atoms with E-state index in [4.69, 9.17) is 0 Å². The second kappa shape index (κ2) is 19.9. The third kappa shape index (κ3) is 8.24. The summed E-state index contributed by atoms with van der Waals surface area (Å²) in [5.41, 5.74) is 19.5. The predicted molar refractivity (Wildman–Crippen MR) is 259 cm³/mol. The number of benzene rings is 8. The van der Waals surface area contributed by atoms with Crippen LogP contribution in [-0.2, 0) is 0 Å². The Labute approximate surface area is 345 Å². The summed E-state index contributed by atoms with van der Waals surface area (Å²) >= 11 is 0. The van der Waals surface area contributed by atoms with Crippen LogP contribution >= 0.6 is 0 Å². The van der Waals surface area contributed by atoms with Gasteiger partial charge in [0.2, 0.25) is 0 Å². The van der Waals surface area contributed by atoms with Crippen molar-refractivity contribution in [1.29, 1.82) is 0 Å². The highest BCUT2D eigenvalue weighted by Crippen LogP contribution is 2.58. The zero-order chi connectivity index (χ0) is 39.1. The molecule has 0 radical (unpaired) electrons. The van der Waals surface area contributed by atoms with Crippen molar-refractivity contribution in [2.24, 2.45) is 0 Å². The first-order valence-corrected chi connectivity index (χ1v) is 20.4. The van der Waals surface area contributed by atoms with E-state index in [2.05, 4.69) is 186 Å². The molecule has 0 unspecified atom stereocenters. The largest absolute Gasteiger partial charge is 0.0776 e. The van der Waals surface area contributed by atoms with Crippen LogP contribution in [0.1, 0.15) is 85.9 Å². The number of rotatable bonds is 5. The highest BCUT2D eigenvalue weighted by Gasteiger charge is 2.31. The summed E-state index contributed by atoms with van der Waals surface area (Å²) in [6.45, 7) is 19.0. The lowest BCUT2D eigenvalue weighted by atomic mass is 9.82. The van der Waals surface area contributed by atoms with Gasteiger partial charge in [-0.25, -0.2) is 0 Å². The van der Waals surface area contributed by atoms with Crippen LogP contribution in [0.15, 0.2) is 152 Å². The second-order valence-corrected chi connectivity index (χ2v) is 14.0. The summed E-state index contributed by atoms with van der Waals surface area (Å²) in [5, 5.41) is 5.25. The van der Waals surface area contributed by atoms with Crippen LogP contribution in [0.5, 0.6) is 0 Å². The van der Waals surface area contributed by atoms with E-state index in [1.165, 1.54) is 118 Å². The maximum Gasteiger partial charge on any atom is -0.000741 e. The van der Waals surface area contributed by atoms with Crippen molar-refractivity contribution in [2.45, 2.75) is 90.0 Å². The predicted octanol–water partition coefficient (Wildman–Crippen LogP) is 18.4. The summed E-state index contributed by atoms with van der Waals surface area (Å²) in [6.07, 6.45) is 2.64. The second-order valence-electron chi connectivity index (χ2n) is 14.0. The molecule has 0 fully saturated rings. The molecule has 0 aliphatic heterocycles. The van der Waals surface area contributed by atoms with Crippen LogP contribution in [0.25, 0.3) is 88.3 Å². The normalized spacial score (nSPS) is 10.4. The average molecular weight is 749 g/mol. The fourth-order valence-electron chi connectivity index (χ4n) is 8.13. The number of unbranched alkanes of at least 4 members (excludes halogenated alkanes) is 1. The molecule has 0 saturated heterocycles. The number of hydrogen-bond acceptors (Lipinski definition) is 0. The third-order valence-electron chi connectivity index (χ3n) is 10.6. The van der Waals surface area contributed by atoms with Crippen molar-refractivity contribution < 1.29 is 0 Å². The van der Waals surface area contributed by atoms with Gasteiger partial charge in [-0.15, -0.1) is 0 Å². The molecule has 57 heavy (non-hydrogen) atoms. The standard InChI is InChI=1S/C47H34.C4H10.2C2H6.2CH4/c1-29-21-23-32(24-22-29)35-27-30(2)42(31(3)28-35)39-25-26-41-45-38(39)19-12-20-40(45)46-43(33-13-6-4-7-14-33)36-17-10-11-18-37(36)44(47(41)46)34-15-8-5-9-16-34;1-3-4-2;2*1-2;;/h4-28H,1-3H3;3-4H2,1-2H3;2*1-2H3;2*1H4. The molecule has 0 heterocycles. The molecule has 0 saturated carbocycles. The Bertz CT molecular complexity index is 2420. The smallest absolute Gasteiger partial charge is 0.000741 e. The van der Waals surface area contributed by atoms with Gasteiger partial charge in [-0.2, -0.15) is 0 Å². The Morgan fingerprint density at radius 1 is 0.333 bits per heavy atom. The van der Waals surface area contributed by atoms with Crippen molar-refractivity contribution in [2.75, 3.05) is 0 Å². The van der Waals surface area contributed by atoms with Gasteiger partial charge in [0.1, 0.15) is 0 Å². The lowest BCUT2D eigenvalue weighted by molar-refractivity contribution is 0.886. The van der Waals surface area contributed by atoms with Gasteiger partial charge in [-0.1, -0.05) is 226 Å². The fraction of sp³-hybridized carbons (Fsp3) is 0.228. The van der Waals surface area contributed by atoms with Gasteiger partial charge in [-0.3, -0.25) is 0 Å². The van der Waals surface area contributed by atoms with Crippen molar-refractivity contribution in [3.05, 3.63) is 168 Å². The van der Waals surface area contributed by atoms with Gasteiger partial charge < -0.3 is 0 Å². The number of hydrogen-bond donors (Lipinski definition) is 0. The van der Waals surface area contributed by atoms with E-state index in [9.17, 15) is 0 Å². The molecule has 0 bridgehead atoms. The van der Waals surface area contributed by atoms with E-state index in [0.29, 0.717) is 0 Å². The maximum absolute atomic E-state index is 2.40. The minimum atomic E-state index is 0. The van der Waals surface area contributed by atoms with Crippen LogP contribution in [0.2, 0.25) is 0 Å².